The molecule has 2 aliphatic heterocycles. The van der Waals surface area contributed by atoms with E-state index in [0.29, 0.717) is 19.8 Å². The smallest absolute Gasteiger partial charge is 0.249 e. The topological polar surface area (TPSA) is 58.6 Å². The van der Waals surface area contributed by atoms with Crippen LogP contribution in [0.4, 0.5) is 5.69 Å². The van der Waals surface area contributed by atoms with Crippen LogP contribution in [0.1, 0.15) is 31.2 Å². The molecule has 5 heteroatoms. The number of hydrogen-bond acceptors (Lipinski definition) is 3. The molecule has 5 nitrogen and oxygen atoms in total. The van der Waals surface area contributed by atoms with Crippen molar-refractivity contribution in [3.05, 3.63) is 29.8 Å². The Morgan fingerprint density at radius 1 is 1.17 bits per heavy atom. The highest BCUT2D eigenvalue weighted by atomic mass is 16.5. The molecule has 1 N–H and O–H groups in total. The van der Waals surface area contributed by atoms with Crippen molar-refractivity contribution in [2.45, 2.75) is 38.6 Å². The van der Waals surface area contributed by atoms with Gasteiger partial charge in [0.25, 0.3) is 0 Å². The van der Waals surface area contributed by atoms with Crippen LogP contribution >= 0.6 is 0 Å². The fraction of sp³-hybridized carbons (Fsp3) is 0.556. The lowest BCUT2D eigenvalue weighted by Gasteiger charge is -2.33. The molecule has 1 atom stereocenters. The molecule has 2 aliphatic rings. The van der Waals surface area contributed by atoms with Crippen molar-refractivity contribution >= 4 is 17.5 Å². The number of hydrogen-bond donors (Lipinski definition) is 1. The third-order valence-electron chi connectivity index (χ3n) is 4.69. The van der Waals surface area contributed by atoms with E-state index in [1.165, 1.54) is 5.56 Å². The lowest BCUT2D eigenvalue weighted by molar-refractivity contribution is -0.132. The Labute approximate surface area is 137 Å². The number of amides is 2. The summed E-state index contributed by atoms with van der Waals surface area (Å²) in [5.41, 5.74) is 2.08. The summed E-state index contributed by atoms with van der Waals surface area (Å²) in [7, 11) is 0. The summed E-state index contributed by atoms with van der Waals surface area (Å²) in [5, 5.41) is 2.96. The van der Waals surface area contributed by atoms with E-state index in [1.807, 2.05) is 31.2 Å². The molecule has 1 aromatic carbocycles. The molecule has 0 spiro atoms. The number of benzene rings is 1. The molecule has 2 fully saturated rings. The second kappa shape index (κ2) is 7.13. The quantitative estimate of drug-likeness (QED) is 0.928. The summed E-state index contributed by atoms with van der Waals surface area (Å²) < 4.78 is 5.29. The van der Waals surface area contributed by atoms with E-state index in [0.717, 1.165) is 31.4 Å². The average molecular weight is 316 g/mol. The highest BCUT2D eigenvalue weighted by molar-refractivity contribution is 6.00. The van der Waals surface area contributed by atoms with Crippen molar-refractivity contribution in [2.75, 3.05) is 24.7 Å². The van der Waals surface area contributed by atoms with Crippen LogP contribution in [0.2, 0.25) is 0 Å². The van der Waals surface area contributed by atoms with E-state index in [2.05, 4.69) is 5.32 Å². The Bertz CT molecular complexity index is 564. The van der Waals surface area contributed by atoms with E-state index in [-0.39, 0.29) is 17.7 Å². The van der Waals surface area contributed by atoms with Gasteiger partial charge in [-0.15, -0.1) is 0 Å². The zero-order valence-corrected chi connectivity index (χ0v) is 13.6. The van der Waals surface area contributed by atoms with Gasteiger partial charge >= 0.3 is 0 Å². The van der Waals surface area contributed by atoms with E-state index in [9.17, 15) is 9.59 Å². The van der Waals surface area contributed by atoms with Gasteiger partial charge in [0.15, 0.2) is 0 Å². The van der Waals surface area contributed by atoms with Gasteiger partial charge in [0.2, 0.25) is 11.8 Å². The highest BCUT2D eigenvalue weighted by Crippen LogP contribution is 2.22. The van der Waals surface area contributed by atoms with E-state index in [1.54, 1.807) is 4.90 Å². The molecule has 23 heavy (non-hydrogen) atoms. The van der Waals surface area contributed by atoms with Gasteiger partial charge in [-0.2, -0.15) is 0 Å². The Morgan fingerprint density at radius 2 is 1.87 bits per heavy atom. The molecule has 3 rings (SSSR count). The second-order valence-corrected chi connectivity index (χ2v) is 6.42. The number of nitrogens with one attached hydrogen (secondary N) is 1. The molecule has 0 aliphatic carbocycles. The number of carbonyl (C=O) groups excluding carboxylic acids is 2. The van der Waals surface area contributed by atoms with E-state index in [4.69, 9.17) is 4.74 Å². The molecule has 2 heterocycles. The molecular weight excluding hydrogens is 292 g/mol. The van der Waals surface area contributed by atoms with Crippen molar-refractivity contribution < 1.29 is 14.3 Å². The number of anilines is 1. The lowest BCUT2D eigenvalue weighted by atomic mass is 9.97. The fourth-order valence-corrected chi connectivity index (χ4v) is 3.24. The molecule has 0 radical (unpaired) electrons. The third-order valence-corrected chi connectivity index (χ3v) is 4.69. The molecule has 124 valence electrons. The maximum absolute atomic E-state index is 12.7. The maximum Gasteiger partial charge on any atom is 0.249 e. The first-order valence-corrected chi connectivity index (χ1v) is 8.41. The third kappa shape index (κ3) is 3.72. The van der Waals surface area contributed by atoms with Crippen molar-refractivity contribution in [1.82, 2.24) is 5.32 Å². The van der Waals surface area contributed by atoms with Crippen molar-refractivity contribution in [3.63, 3.8) is 0 Å². The summed E-state index contributed by atoms with van der Waals surface area (Å²) >= 11 is 0. The van der Waals surface area contributed by atoms with Gasteiger partial charge in [-0.25, -0.2) is 0 Å². The number of rotatable bonds is 3. The van der Waals surface area contributed by atoms with Crippen LogP contribution in [0, 0.1) is 12.8 Å². The Morgan fingerprint density at radius 3 is 2.57 bits per heavy atom. The molecule has 0 unspecified atom stereocenters. The minimum atomic E-state index is -0.402. The molecule has 0 aromatic heterocycles. The van der Waals surface area contributed by atoms with Crippen LogP contribution in [-0.4, -0.2) is 37.6 Å². The highest BCUT2D eigenvalue weighted by Gasteiger charge is 2.32. The summed E-state index contributed by atoms with van der Waals surface area (Å²) in [6.07, 6.45) is 3.11. The van der Waals surface area contributed by atoms with Gasteiger partial charge in [-0.05, 0) is 44.7 Å². The summed E-state index contributed by atoms with van der Waals surface area (Å²) in [6.45, 7) is 4.00. The Hall–Kier alpha value is -1.88. The van der Waals surface area contributed by atoms with Crippen molar-refractivity contribution in [1.29, 1.82) is 0 Å². The fourth-order valence-electron chi connectivity index (χ4n) is 3.24. The van der Waals surface area contributed by atoms with Crippen LogP contribution in [0.3, 0.4) is 0 Å². The Kier molecular flexibility index (Phi) is 4.96. The predicted molar refractivity (Wildman–Crippen MR) is 88.2 cm³/mol. The van der Waals surface area contributed by atoms with Gasteiger partial charge in [0.1, 0.15) is 6.04 Å². The second-order valence-electron chi connectivity index (χ2n) is 6.42. The number of carbonyl (C=O) groups is 2. The molecule has 0 bridgehead atoms. The van der Waals surface area contributed by atoms with Gasteiger partial charge in [0, 0.05) is 31.4 Å². The monoisotopic (exact) mass is 316 g/mol. The Balaban J connectivity index is 1.64. The SMILES string of the molecule is Cc1ccc(N2CCC[C@@H](NC(=O)C3CCOCC3)C2=O)cc1. The largest absolute Gasteiger partial charge is 0.381 e. The summed E-state index contributed by atoms with van der Waals surface area (Å²) in [6, 6.07) is 7.55. The molecule has 2 saturated heterocycles. The first-order valence-electron chi connectivity index (χ1n) is 8.41. The zero-order chi connectivity index (χ0) is 16.2. The van der Waals surface area contributed by atoms with Gasteiger partial charge in [-0.3, -0.25) is 9.59 Å². The minimum absolute atomic E-state index is 0.000475. The summed E-state index contributed by atoms with van der Waals surface area (Å²) in [5.74, 6) is -0.0239. The average Bonchev–Trinajstić information content (AvgIpc) is 2.58. The summed E-state index contributed by atoms with van der Waals surface area (Å²) in [4.78, 5) is 26.9. The van der Waals surface area contributed by atoms with Crippen LogP contribution in [0.15, 0.2) is 24.3 Å². The van der Waals surface area contributed by atoms with Crippen LogP contribution in [0.5, 0.6) is 0 Å². The van der Waals surface area contributed by atoms with Crippen LogP contribution in [0.25, 0.3) is 0 Å². The minimum Gasteiger partial charge on any atom is -0.381 e. The first-order chi connectivity index (χ1) is 11.1. The van der Waals surface area contributed by atoms with Crippen molar-refractivity contribution in [2.24, 2.45) is 5.92 Å². The van der Waals surface area contributed by atoms with Crippen molar-refractivity contribution in [3.8, 4) is 0 Å². The first kappa shape index (κ1) is 16.0. The maximum atomic E-state index is 12.7. The number of nitrogens with zero attached hydrogens (tertiary/aromatic N) is 1. The van der Waals surface area contributed by atoms with Crippen LogP contribution in [-0.2, 0) is 14.3 Å². The number of aryl methyl sites for hydroxylation is 1. The standard InChI is InChI=1S/C18H24N2O3/c1-13-4-6-15(7-5-13)20-10-2-3-16(18(20)22)19-17(21)14-8-11-23-12-9-14/h4-7,14,16H,2-3,8-12H2,1H3,(H,19,21)/t16-/m1/s1. The molecule has 0 saturated carbocycles. The van der Waals surface area contributed by atoms with E-state index < -0.39 is 6.04 Å². The molecule has 1 aromatic rings. The number of piperidine rings is 1. The predicted octanol–water partition coefficient (Wildman–Crippen LogP) is 2.03. The normalized spacial score (nSPS) is 22.9. The van der Waals surface area contributed by atoms with Gasteiger partial charge < -0.3 is 15.0 Å². The van der Waals surface area contributed by atoms with E-state index >= 15 is 0 Å². The van der Waals surface area contributed by atoms with Gasteiger partial charge in [0.05, 0.1) is 0 Å². The zero-order valence-electron chi connectivity index (χ0n) is 13.6. The molecule has 2 amide bonds. The lowest BCUT2D eigenvalue weighted by Crippen LogP contribution is -2.53. The molecular formula is C18H24N2O3. The van der Waals surface area contributed by atoms with Crippen LogP contribution < -0.4 is 10.2 Å². The number of ether oxygens (including phenoxy) is 1. The van der Waals surface area contributed by atoms with Gasteiger partial charge in [-0.1, -0.05) is 17.7 Å².